The Morgan fingerprint density at radius 2 is 1.87 bits per heavy atom. The first kappa shape index (κ1) is 20.7. The smallest absolute Gasteiger partial charge is 0.333 e. The summed E-state index contributed by atoms with van der Waals surface area (Å²) in [5.74, 6) is -0.183. The predicted octanol–water partition coefficient (Wildman–Crippen LogP) is 4.48. The van der Waals surface area contributed by atoms with Crippen LogP contribution in [-0.4, -0.2) is 31.2 Å². The van der Waals surface area contributed by atoms with Gasteiger partial charge in [-0.15, -0.1) is 15.0 Å². The quantitative estimate of drug-likeness (QED) is 0.390. The van der Waals surface area contributed by atoms with Gasteiger partial charge in [-0.05, 0) is 60.2 Å². The van der Waals surface area contributed by atoms with Gasteiger partial charge in [0.2, 0.25) is 11.7 Å². The summed E-state index contributed by atoms with van der Waals surface area (Å²) in [7, 11) is 0. The highest BCUT2D eigenvalue weighted by Crippen LogP contribution is 2.21. The Balaban J connectivity index is 1.41. The fraction of sp³-hybridized carbons (Fsp3) is 0.190. The molecule has 0 saturated heterocycles. The molecule has 2 aromatic heterocycles. The second kappa shape index (κ2) is 9.05. The zero-order valence-electron chi connectivity index (χ0n) is 16.4. The van der Waals surface area contributed by atoms with E-state index < -0.39 is 12.0 Å². The van der Waals surface area contributed by atoms with Crippen LogP contribution >= 0.6 is 11.6 Å². The van der Waals surface area contributed by atoms with Gasteiger partial charge in [0.1, 0.15) is 24.4 Å². The van der Waals surface area contributed by atoms with Gasteiger partial charge < -0.3 is 9.15 Å². The summed E-state index contributed by atoms with van der Waals surface area (Å²) in [5.41, 5.74) is 1.78. The highest BCUT2D eigenvalue weighted by Gasteiger charge is 2.24. The second-order valence-corrected chi connectivity index (χ2v) is 7.06. The van der Waals surface area contributed by atoms with Crippen molar-refractivity contribution in [1.82, 2.24) is 25.2 Å². The molecule has 0 radical (unpaired) electrons. The van der Waals surface area contributed by atoms with Gasteiger partial charge in [-0.2, -0.15) is 0 Å². The monoisotopic (exact) mass is 441 g/mol. The molecule has 0 aliphatic rings. The van der Waals surface area contributed by atoms with Crippen LogP contribution in [0.1, 0.15) is 25.1 Å². The minimum atomic E-state index is -0.739. The summed E-state index contributed by atoms with van der Waals surface area (Å²) in [6.07, 6.45) is 1.80. The van der Waals surface area contributed by atoms with Crippen LogP contribution in [0.4, 0.5) is 4.39 Å². The first-order valence-corrected chi connectivity index (χ1v) is 9.83. The number of nitrogens with zero attached hydrogens (tertiary/aromatic N) is 5. The van der Waals surface area contributed by atoms with Crippen LogP contribution in [0.5, 0.6) is 0 Å². The van der Waals surface area contributed by atoms with Crippen molar-refractivity contribution in [2.24, 2.45) is 0 Å². The van der Waals surface area contributed by atoms with Gasteiger partial charge in [0, 0.05) is 16.1 Å². The molecule has 4 rings (SSSR count). The number of benzene rings is 2. The number of oxazole rings is 1. The molecule has 0 amide bonds. The molecule has 158 valence electrons. The molecule has 0 bridgehead atoms. The molecule has 1 unspecified atom stereocenters. The number of hydrogen-bond donors (Lipinski definition) is 0. The van der Waals surface area contributed by atoms with Crippen molar-refractivity contribution in [2.75, 3.05) is 0 Å². The lowest BCUT2D eigenvalue weighted by atomic mass is 10.2. The topological polar surface area (TPSA) is 95.9 Å². The first-order valence-electron chi connectivity index (χ1n) is 9.46. The molecular formula is C21H17ClFN5O3. The van der Waals surface area contributed by atoms with Crippen LogP contribution in [0.2, 0.25) is 5.02 Å². The number of rotatable bonds is 7. The third-order valence-corrected chi connectivity index (χ3v) is 4.73. The van der Waals surface area contributed by atoms with Gasteiger partial charge in [0.05, 0.1) is 0 Å². The minimum Gasteiger partial charge on any atom is -0.457 e. The lowest BCUT2D eigenvalue weighted by Crippen LogP contribution is -2.23. The molecular weight excluding hydrogens is 425 g/mol. The van der Waals surface area contributed by atoms with E-state index in [1.54, 1.807) is 36.4 Å². The average molecular weight is 442 g/mol. The van der Waals surface area contributed by atoms with E-state index in [0.717, 1.165) is 5.56 Å². The van der Waals surface area contributed by atoms with Crippen molar-refractivity contribution in [1.29, 1.82) is 0 Å². The zero-order valence-corrected chi connectivity index (χ0v) is 17.2. The zero-order chi connectivity index (χ0) is 21.8. The SMILES string of the molecule is CCC(C(=O)OCc1coc(-c2ccc(F)cc2)n1)n1nnc(-c2ccc(Cl)cc2)n1. The molecule has 31 heavy (non-hydrogen) atoms. The van der Waals surface area contributed by atoms with E-state index in [1.165, 1.54) is 23.2 Å². The van der Waals surface area contributed by atoms with Crippen molar-refractivity contribution >= 4 is 17.6 Å². The molecule has 2 heterocycles. The maximum absolute atomic E-state index is 13.0. The van der Waals surface area contributed by atoms with Crippen molar-refractivity contribution < 1.29 is 18.3 Å². The van der Waals surface area contributed by atoms with E-state index in [-0.39, 0.29) is 12.4 Å². The Morgan fingerprint density at radius 3 is 2.58 bits per heavy atom. The van der Waals surface area contributed by atoms with Crippen molar-refractivity contribution in [3.8, 4) is 22.8 Å². The number of carbonyl (C=O) groups excluding carboxylic acids is 1. The molecule has 0 aliphatic carbocycles. The van der Waals surface area contributed by atoms with Crippen LogP contribution in [0.3, 0.4) is 0 Å². The molecule has 0 saturated carbocycles. The number of halogens is 2. The molecule has 1 atom stereocenters. The van der Waals surface area contributed by atoms with Crippen LogP contribution in [0, 0.1) is 5.82 Å². The third kappa shape index (κ3) is 4.77. The normalized spacial score (nSPS) is 12.0. The number of aromatic nitrogens is 5. The predicted molar refractivity (Wildman–Crippen MR) is 109 cm³/mol. The van der Waals surface area contributed by atoms with Crippen molar-refractivity contribution in [3.63, 3.8) is 0 Å². The number of ether oxygens (including phenoxy) is 1. The summed E-state index contributed by atoms with van der Waals surface area (Å²) >= 11 is 5.90. The van der Waals surface area contributed by atoms with Gasteiger partial charge >= 0.3 is 5.97 Å². The summed E-state index contributed by atoms with van der Waals surface area (Å²) in [4.78, 5) is 18.1. The van der Waals surface area contributed by atoms with Crippen LogP contribution in [-0.2, 0) is 16.1 Å². The second-order valence-electron chi connectivity index (χ2n) is 6.62. The van der Waals surface area contributed by atoms with E-state index in [4.69, 9.17) is 20.8 Å². The van der Waals surface area contributed by atoms with Gasteiger partial charge in [-0.25, -0.2) is 14.2 Å². The first-order chi connectivity index (χ1) is 15.0. The van der Waals surface area contributed by atoms with E-state index in [2.05, 4.69) is 20.4 Å². The average Bonchev–Trinajstić information content (AvgIpc) is 3.44. The third-order valence-electron chi connectivity index (χ3n) is 4.47. The molecule has 0 N–H and O–H groups in total. The maximum atomic E-state index is 13.0. The number of hydrogen-bond acceptors (Lipinski definition) is 7. The Labute approximate surface area is 181 Å². The molecule has 0 fully saturated rings. The molecule has 10 heteroatoms. The maximum Gasteiger partial charge on any atom is 0.333 e. The Hall–Kier alpha value is -3.59. The lowest BCUT2D eigenvalue weighted by molar-refractivity contribution is -0.150. The standard InChI is InChI=1S/C21H17ClFN5O3/c1-2-18(28-26-19(25-27-28)13-3-7-15(22)8-4-13)21(29)31-12-17-11-30-20(24-17)14-5-9-16(23)10-6-14/h3-11,18H,2,12H2,1H3. The van der Waals surface area contributed by atoms with E-state index >= 15 is 0 Å². The molecule has 8 nitrogen and oxygen atoms in total. The number of carbonyl (C=O) groups is 1. The fourth-order valence-electron chi connectivity index (χ4n) is 2.84. The molecule has 2 aromatic carbocycles. The molecule has 4 aromatic rings. The van der Waals surface area contributed by atoms with Gasteiger partial charge in [-0.3, -0.25) is 0 Å². The summed E-state index contributed by atoms with van der Waals surface area (Å²) in [5, 5.41) is 12.9. The van der Waals surface area contributed by atoms with Crippen LogP contribution < -0.4 is 0 Å². The summed E-state index contributed by atoms with van der Waals surface area (Å²) in [6.45, 7) is 1.73. The summed E-state index contributed by atoms with van der Waals surface area (Å²) in [6, 6.07) is 12.0. The molecule has 0 aliphatic heterocycles. The summed E-state index contributed by atoms with van der Waals surface area (Å²) < 4.78 is 23.8. The Kier molecular flexibility index (Phi) is 6.03. The largest absolute Gasteiger partial charge is 0.457 e. The highest BCUT2D eigenvalue weighted by molar-refractivity contribution is 6.30. The lowest BCUT2D eigenvalue weighted by Gasteiger charge is -2.11. The van der Waals surface area contributed by atoms with Crippen molar-refractivity contribution in [2.45, 2.75) is 26.0 Å². The Morgan fingerprint density at radius 1 is 1.16 bits per heavy atom. The van der Waals surface area contributed by atoms with Gasteiger partial charge in [0.25, 0.3) is 0 Å². The van der Waals surface area contributed by atoms with E-state index in [0.29, 0.717) is 34.4 Å². The van der Waals surface area contributed by atoms with Crippen molar-refractivity contribution in [3.05, 3.63) is 71.3 Å². The number of tetrazole rings is 1. The van der Waals surface area contributed by atoms with E-state index in [9.17, 15) is 9.18 Å². The fourth-order valence-corrected chi connectivity index (χ4v) is 2.96. The van der Waals surface area contributed by atoms with Crippen LogP contribution in [0.15, 0.2) is 59.2 Å². The molecule has 0 spiro atoms. The van der Waals surface area contributed by atoms with Gasteiger partial charge in [0.15, 0.2) is 6.04 Å². The Bertz CT molecular complexity index is 1170. The number of esters is 1. The minimum absolute atomic E-state index is 0.0846. The highest BCUT2D eigenvalue weighted by atomic mass is 35.5. The van der Waals surface area contributed by atoms with Gasteiger partial charge in [-0.1, -0.05) is 18.5 Å². The van der Waals surface area contributed by atoms with Crippen LogP contribution in [0.25, 0.3) is 22.8 Å². The van der Waals surface area contributed by atoms with E-state index in [1.807, 2.05) is 6.92 Å².